The molecule has 0 bridgehead atoms. The molecule has 0 unspecified atom stereocenters. The van der Waals surface area contributed by atoms with Gasteiger partial charge in [0.1, 0.15) is 12.1 Å². The van der Waals surface area contributed by atoms with E-state index in [0.717, 1.165) is 43.7 Å². The molecule has 9 nitrogen and oxygen atoms in total. The first-order valence-corrected chi connectivity index (χ1v) is 10.0. The van der Waals surface area contributed by atoms with Crippen molar-refractivity contribution in [3.05, 3.63) is 36.2 Å². The fourth-order valence-corrected chi connectivity index (χ4v) is 3.58. The highest BCUT2D eigenvalue weighted by Crippen LogP contribution is 2.21. The van der Waals surface area contributed by atoms with Crippen molar-refractivity contribution in [2.45, 2.75) is 45.2 Å². The van der Waals surface area contributed by atoms with E-state index in [1.807, 2.05) is 29.2 Å². The Balaban J connectivity index is 1.37. The number of rotatable bonds is 9. The van der Waals surface area contributed by atoms with E-state index in [2.05, 4.69) is 20.8 Å². The Morgan fingerprint density at radius 1 is 1.31 bits per heavy atom. The molecule has 1 aliphatic heterocycles. The molecule has 29 heavy (non-hydrogen) atoms. The number of nitrogens with zero attached hydrogens (tertiary/aromatic N) is 5. The minimum absolute atomic E-state index is 0.0370. The van der Waals surface area contributed by atoms with Gasteiger partial charge in [0.2, 0.25) is 11.8 Å². The summed E-state index contributed by atoms with van der Waals surface area (Å²) in [4.78, 5) is 26.6. The average Bonchev–Trinajstić information content (AvgIpc) is 3.28. The van der Waals surface area contributed by atoms with Crippen molar-refractivity contribution in [3.8, 4) is 5.75 Å². The number of methoxy groups -OCH3 is 1. The quantitative estimate of drug-likeness (QED) is 0.683. The molecule has 0 aliphatic carbocycles. The molecular formula is C20H28N6O3. The molecule has 9 heteroatoms. The summed E-state index contributed by atoms with van der Waals surface area (Å²) in [7, 11) is 1.63. The molecule has 1 aromatic carbocycles. The highest BCUT2D eigenvalue weighted by atomic mass is 16.5. The second-order valence-corrected chi connectivity index (χ2v) is 7.34. The number of piperidine rings is 1. The maximum Gasteiger partial charge on any atom is 0.224 e. The Morgan fingerprint density at radius 2 is 2.21 bits per heavy atom. The maximum atomic E-state index is 12.4. The second kappa shape index (κ2) is 10.5. The number of aryl methyl sites for hydroxylation is 1. The number of ether oxygens (including phenoxy) is 1. The molecule has 1 aromatic heterocycles. The van der Waals surface area contributed by atoms with E-state index >= 15 is 0 Å². The lowest BCUT2D eigenvalue weighted by atomic mass is 9.93. The SMILES string of the molecule is COc1cccc(CNC(=O)CC[C@@H]2CCCN(C(=O)CCn3cnnn3)C2)c1. The number of amides is 2. The molecule has 2 aromatic rings. The highest BCUT2D eigenvalue weighted by molar-refractivity contribution is 5.76. The molecule has 1 fully saturated rings. The van der Waals surface area contributed by atoms with E-state index in [9.17, 15) is 9.59 Å². The molecule has 1 aliphatic rings. The van der Waals surface area contributed by atoms with Crippen LogP contribution in [0.15, 0.2) is 30.6 Å². The molecule has 1 N–H and O–H groups in total. The predicted octanol–water partition coefficient (Wildman–Crippen LogP) is 1.41. The number of carbonyl (C=O) groups excluding carboxylic acids is 2. The minimum atomic E-state index is 0.0370. The molecule has 3 rings (SSSR count). The number of hydrogen-bond acceptors (Lipinski definition) is 6. The van der Waals surface area contributed by atoms with Crippen LogP contribution in [-0.4, -0.2) is 57.1 Å². The predicted molar refractivity (Wildman–Crippen MR) is 106 cm³/mol. The lowest BCUT2D eigenvalue weighted by Crippen LogP contribution is -2.40. The monoisotopic (exact) mass is 400 g/mol. The smallest absolute Gasteiger partial charge is 0.224 e. The van der Waals surface area contributed by atoms with E-state index < -0.39 is 0 Å². The first-order valence-electron chi connectivity index (χ1n) is 10.0. The number of aromatic nitrogens is 4. The second-order valence-electron chi connectivity index (χ2n) is 7.34. The van der Waals surface area contributed by atoms with Crippen LogP contribution < -0.4 is 10.1 Å². The summed E-state index contributed by atoms with van der Waals surface area (Å²) in [5.74, 6) is 1.30. The lowest BCUT2D eigenvalue weighted by Gasteiger charge is -2.32. The summed E-state index contributed by atoms with van der Waals surface area (Å²) in [5.41, 5.74) is 1.01. The van der Waals surface area contributed by atoms with Gasteiger partial charge in [-0.25, -0.2) is 4.68 Å². The standard InChI is InChI=1S/C20H28N6O3/c1-29-18-6-2-4-17(12-18)13-21-19(27)8-7-16-5-3-10-25(14-16)20(28)9-11-26-15-22-23-24-26/h2,4,6,12,15-16H,3,5,7-11,13-14H2,1H3,(H,21,27)/t16-/m0/s1. The van der Waals surface area contributed by atoms with Crippen LogP contribution in [0.1, 0.15) is 37.7 Å². The van der Waals surface area contributed by atoms with Gasteiger partial charge in [0.05, 0.1) is 13.7 Å². The first-order chi connectivity index (χ1) is 14.1. The van der Waals surface area contributed by atoms with E-state index in [-0.39, 0.29) is 11.8 Å². The van der Waals surface area contributed by atoms with Gasteiger partial charge in [0.15, 0.2) is 0 Å². The van der Waals surface area contributed by atoms with Crippen molar-refractivity contribution in [1.29, 1.82) is 0 Å². The Bertz CT molecular complexity index is 795. The third kappa shape index (κ3) is 6.55. The van der Waals surface area contributed by atoms with Gasteiger partial charge in [-0.2, -0.15) is 0 Å². The molecule has 2 heterocycles. The van der Waals surface area contributed by atoms with Crippen LogP contribution in [0.3, 0.4) is 0 Å². The van der Waals surface area contributed by atoms with Crippen LogP contribution in [0, 0.1) is 5.92 Å². The number of tetrazole rings is 1. The van der Waals surface area contributed by atoms with Gasteiger partial charge >= 0.3 is 0 Å². The first kappa shape index (κ1) is 20.8. The zero-order valence-electron chi connectivity index (χ0n) is 16.8. The maximum absolute atomic E-state index is 12.4. The Morgan fingerprint density at radius 3 is 3.00 bits per heavy atom. The molecule has 0 radical (unpaired) electrons. The molecule has 1 atom stereocenters. The summed E-state index contributed by atoms with van der Waals surface area (Å²) >= 11 is 0. The third-order valence-corrected chi connectivity index (χ3v) is 5.22. The summed E-state index contributed by atoms with van der Waals surface area (Å²) in [6.07, 6.45) is 5.20. The molecule has 0 saturated carbocycles. The van der Waals surface area contributed by atoms with Gasteiger partial charge in [-0.15, -0.1) is 5.10 Å². The fourth-order valence-electron chi connectivity index (χ4n) is 3.58. The zero-order valence-corrected chi connectivity index (χ0v) is 16.8. The summed E-state index contributed by atoms with van der Waals surface area (Å²) in [6, 6.07) is 7.67. The Hall–Kier alpha value is -2.97. The van der Waals surface area contributed by atoms with Crippen LogP contribution in [0.25, 0.3) is 0 Å². The highest BCUT2D eigenvalue weighted by Gasteiger charge is 2.24. The van der Waals surface area contributed by atoms with E-state index in [1.165, 1.54) is 6.33 Å². The zero-order chi connectivity index (χ0) is 20.5. The molecule has 1 saturated heterocycles. The number of likely N-dealkylation sites (tertiary alicyclic amines) is 1. The van der Waals surface area contributed by atoms with Crippen molar-refractivity contribution < 1.29 is 14.3 Å². The van der Waals surface area contributed by atoms with Gasteiger partial charge in [0, 0.05) is 32.5 Å². The van der Waals surface area contributed by atoms with Crippen LogP contribution in [0.2, 0.25) is 0 Å². The van der Waals surface area contributed by atoms with Crippen molar-refractivity contribution in [2.75, 3.05) is 20.2 Å². The van der Waals surface area contributed by atoms with Gasteiger partial charge in [-0.3, -0.25) is 9.59 Å². The van der Waals surface area contributed by atoms with Crippen molar-refractivity contribution in [3.63, 3.8) is 0 Å². The topological polar surface area (TPSA) is 102 Å². The summed E-state index contributed by atoms with van der Waals surface area (Å²) < 4.78 is 6.76. The Labute approximate surface area is 170 Å². The van der Waals surface area contributed by atoms with Gasteiger partial charge < -0.3 is 15.0 Å². The van der Waals surface area contributed by atoms with Gasteiger partial charge in [-0.1, -0.05) is 12.1 Å². The van der Waals surface area contributed by atoms with E-state index in [4.69, 9.17) is 4.74 Å². The number of benzene rings is 1. The van der Waals surface area contributed by atoms with Crippen LogP contribution in [0.5, 0.6) is 5.75 Å². The molecule has 2 amide bonds. The largest absolute Gasteiger partial charge is 0.497 e. The van der Waals surface area contributed by atoms with Gasteiger partial charge in [-0.05, 0) is 53.3 Å². The number of hydrogen-bond donors (Lipinski definition) is 1. The Kier molecular flexibility index (Phi) is 7.54. The van der Waals surface area contributed by atoms with Crippen molar-refractivity contribution >= 4 is 11.8 Å². The molecular weight excluding hydrogens is 372 g/mol. The average molecular weight is 400 g/mol. The lowest BCUT2D eigenvalue weighted by molar-refractivity contribution is -0.133. The third-order valence-electron chi connectivity index (χ3n) is 5.22. The molecule has 156 valence electrons. The van der Waals surface area contributed by atoms with E-state index in [0.29, 0.717) is 31.8 Å². The van der Waals surface area contributed by atoms with E-state index in [1.54, 1.807) is 11.8 Å². The normalized spacial score (nSPS) is 16.4. The minimum Gasteiger partial charge on any atom is -0.497 e. The number of nitrogens with one attached hydrogen (secondary N) is 1. The fraction of sp³-hybridized carbons (Fsp3) is 0.550. The summed E-state index contributed by atoms with van der Waals surface area (Å²) in [6.45, 7) is 2.48. The van der Waals surface area contributed by atoms with Crippen LogP contribution >= 0.6 is 0 Å². The van der Waals surface area contributed by atoms with Crippen molar-refractivity contribution in [2.24, 2.45) is 5.92 Å². The molecule has 0 spiro atoms. The van der Waals surface area contributed by atoms with Gasteiger partial charge in [0.25, 0.3) is 0 Å². The van der Waals surface area contributed by atoms with Crippen molar-refractivity contribution in [1.82, 2.24) is 30.4 Å². The number of carbonyl (C=O) groups is 2. The van der Waals surface area contributed by atoms with Crippen LogP contribution in [0.4, 0.5) is 0 Å². The summed E-state index contributed by atoms with van der Waals surface area (Å²) in [5, 5.41) is 13.9. The van der Waals surface area contributed by atoms with Crippen LogP contribution in [-0.2, 0) is 22.7 Å².